The summed E-state index contributed by atoms with van der Waals surface area (Å²) in [4.78, 5) is 15.8. The molecule has 1 unspecified atom stereocenters. The molecule has 1 atom stereocenters. The second-order valence-corrected chi connectivity index (χ2v) is 3.74. The number of carbonyl (C=O) groups excluding carboxylic acids is 1. The molecule has 0 aliphatic rings. The van der Waals surface area contributed by atoms with E-state index in [9.17, 15) is 4.79 Å². The van der Waals surface area contributed by atoms with Crippen LogP contribution < -0.4 is 5.32 Å². The van der Waals surface area contributed by atoms with Crippen molar-refractivity contribution in [1.82, 2.24) is 10.3 Å². The molecule has 0 bridgehead atoms. The van der Waals surface area contributed by atoms with Crippen molar-refractivity contribution in [2.45, 2.75) is 32.7 Å². The zero-order chi connectivity index (χ0) is 12.0. The zero-order valence-electron chi connectivity index (χ0n) is 9.66. The van der Waals surface area contributed by atoms with Crippen molar-refractivity contribution in [3.8, 4) is 12.3 Å². The third-order valence-corrected chi connectivity index (χ3v) is 2.33. The van der Waals surface area contributed by atoms with Crippen molar-refractivity contribution in [3.05, 3.63) is 29.6 Å². The van der Waals surface area contributed by atoms with E-state index < -0.39 is 0 Å². The fourth-order valence-corrected chi connectivity index (χ4v) is 1.39. The minimum atomic E-state index is -0.113. The molecule has 84 valence electrons. The second kappa shape index (κ2) is 5.92. The van der Waals surface area contributed by atoms with E-state index >= 15 is 0 Å². The summed E-state index contributed by atoms with van der Waals surface area (Å²) in [6, 6.07) is 1.85. The molecule has 1 rings (SSSR count). The summed E-state index contributed by atoms with van der Waals surface area (Å²) in [5, 5.41) is 2.89. The van der Waals surface area contributed by atoms with Gasteiger partial charge in [-0.25, -0.2) is 0 Å². The van der Waals surface area contributed by atoms with Crippen LogP contribution in [0.2, 0.25) is 0 Å². The van der Waals surface area contributed by atoms with Gasteiger partial charge in [-0.15, -0.1) is 12.3 Å². The van der Waals surface area contributed by atoms with Crippen molar-refractivity contribution < 1.29 is 4.79 Å². The van der Waals surface area contributed by atoms with E-state index in [0.717, 1.165) is 12.0 Å². The summed E-state index contributed by atoms with van der Waals surface area (Å²) in [5.41, 5.74) is 1.55. The molecule has 3 heteroatoms. The van der Waals surface area contributed by atoms with E-state index in [2.05, 4.69) is 16.2 Å². The van der Waals surface area contributed by atoms with Gasteiger partial charge >= 0.3 is 0 Å². The molecule has 3 nitrogen and oxygen atoms in total. The van der Waals surface area contributed by atoms with Crippen LogP contribution in [-0.4, -0.2) is 16.9 Å². The second-order valence-electron chi connectivity index (χ2n) is 3.74. The summed E-state index contributed by atoms with van der Waals surface area (Å²) in [5.74, 6) is 2.44. The van der Waals surface area contributed by atoms with Crippen LogP contribution in [0.4, 0.5) is 0 Å². The first kappa shape index (κ1) is 12.3. The van der Waals surface area contributed by atoms with E-state index in [1.807, 2.05) is 19.9 Å². The Labute approximate surface area is 96.3 Å². The molecule has 0 spiro atoms. The minimum absolute atomic E-state index is 0.0398. The fourth-order valence-electron chi connectivity index (χ4n) is 1.39. The topological polar surface area (TPSA) is 42.0 Å². The molecule has 16 heavy (non-hydrogen) atoms. The first-order chi connectivity index (χ1) is 7.67. The van der Waals surface area contributed by atoms with Crippen LogP contribution in [0.3, 0.4) is 0 Å². The number of pyridine rings is 1. The van der Waals surface area contributed by atoms with Crippen molar-refractivity contribution in [3.63, 3.8) is 0 Å². The maximum absolute atomic E-state index is 11.8. The quantitative estimate of drug-likeness (QED) is 0.781. The molecular formula is C13H16N2O. The average molecular weight is 216 g/mol. The maximum atomic E-state index is 11.8. The van der Waals surface area contributed by atoms with E-state index in [1.54, 1.807) is 12.4 Å². The van der Waals surface area contributed by atoms with Gasteiger partial charge in [-0.1, -0.05) is 6.92 Å². The lowest BCUT2D eigenvalue weighted by Gasteiger charge is -2.14. The fraction of sp³-hybridized carbons (Fsp3) is 0.385. The van der Waals surface area contributed by atoms with Crippen LogP contribution in [0.15, 0.2) is 18.5 Å². The average Bonchev–Trinajstić information content (AvgIpc) is 2.28. The number of rotatable bonds is 4. The Balaban J connectivity index is 2.68. The molecule has 0 aromatic carbocycles. The minimum Gasteiger partial charge on any atom is -0.348 e. The smallest absolute Gasteiger partial charge is 0.253 e. The highest BCUT2D eigenvalue weighted by molar-refractivity contribution is 5.94. The van der Waals surface area contributed by atoms with Crippen LogP contribution >= 0.6 is 0 Å². The largest absolute Gasteiger partial charge is 0.348 e. The van der Waals surface area contributed by atoms with Gasteiger partial charge in [0.15, 0.2) is 0 Å². The Hall–Kier alpha value is -1.82. The Bertz CT molecular complexity index is 407. The Morgan fingerprint density at radius 2 is 2.38 bits per heavy atom. The third kappa shape index (κ3) is 3.39. The highest BCUT2D eigenvalue weighted by atomic mass is 16.1. The summed E-state index contributed by atoms with van der Waals surface area (Å²) in [6.45, 7) is 3.90. The van der Waals surface area contributed by atoms with Crippen LogP contribution in [0, 0.1) is 19.3 Å². The van der Waals surface area contributed by atoms with Crippen molar-refractivity contribution in [2.24, 2.45) is 0 Å². The maximum Gasteiger partial charge on any atom is 0.253 e. The first-order valence-corrected chi connectivity index (χ1v) is 5.33. The molecule has 0 radical (unpaired) electrons. The normalized spacial score (nSPS) is 11.6. The number of terminal acetylenes is 1. The van der Waals surface area contributed by atoms with E-state index in [4.69, 9.17) is 6.42 Å². The molecule has 1 N–H and O–H groups in total. The van der Waals surface area contributed by atoms with Gasteiger partial charge in [0, 0.05) is 24.9 Å². The molecule has 0 saturated carbocycles. The number of aryl methyl sites for hydroxylation is 1. The lowest BCUT2D eigenvalue weighted by Crippen LogP contribution is -2.34. The van der Waals surface area contributed by atoms with Gasteiger partial charge in [-0.05, 0) is 25.0 Å². The summed E-state index contributed by atoms with van der Waals surface area (Å²) in [7, 11) is 0. The highest BCUT2D eigenvalue weighted by Crippen LogP contribution is 2.03. The van der Waals surface area contributed by atoms with Crippen LogP contribution in [0.1, 0.15) is 35.7 Å². The molecule has 0 aliphatic heterocycles. The Morgan fingerprint density at radius 1 is 1.62 bits per heavy atom. The Morgan fingerprint density at radius 3 is 2.94 bits per heavy atom. The number of nitrogens with zero attached hydrogens (tertiary/aromatic N) is 1. The van der Waals surface area contributed by atoms with Gasteiger partial charge in [0.2, 0.25) is 0 Å². The summed E-state index contributed by atoms with van der Waals surface area (Å²) >= 11 is 0. The lowest BCUT2D eigenvalue weighted by atomic mass is 10.1. The monoisotopic (exact) mass is 216 g/mol. The Kier molecular flexibility index (Phi) is 4.53. The van der Waals surface area contributed by atoms with Crippen LogP contribution in [-0.2, 0) is 0 Å². The van der Waals surface area contributed by atoms with Crippen molar-refractivity contribution in [2.75, 3.05) is 0 Å². The molecule has 0 saturated heterocycles. The highest BCUT2D eigenvalue weighted by Gasteiger charge is 2.11. The van der Waals surface area contributed by atoms with Gasteiger partial charge in [0.05, 0.1) is 5.56 Å². The van der Waals surface area contributed by atoms with Gasteiger partial charge in [-0.3, -0.25) is 9.78 Å². The predicted molar refractivity (Wildman–Crippen MR) is 64.0 cm³/mol. The molecule has 0 fully saturated rings. The van der Waals surface area contributed by atoms with Crippen LogP contribution in [0.5, 0.6) is 0 Å². The van der Waals surface area contributed by atoms with E-state index in [1.165, 1.54) is 0 Å². The predicted octanol–water partition coefficient (Wildman–Crippen LogP) is 1.92. The van der Waals surface area contributed by atoms with Gasteiger partial charge in [0.1, 0.15) is 0 Å². The SMILES string of the molecule is C#CCC(CC)NC(=O)c1cncc(C)c1. The number of amides is 1. The molecular weight excluding hydrogens is 200 g/mol. The van der Waals surface area contributed by atoms with Crippen LogP contribution in [0.25, 0.3) is 0 Å². The van der Waals surface area contributed by atoms with Crippen molar-refractivity contribution in [1.29, 1.82) is 0 Å². The number of hydrogen-bond acceptors (Lipinski definition) is 2. The van der Waals surface area contributed by atoms with Crippen molar-refractivity contribution >= 4 is 5.91 Å². The standard InChI is InChI=1S/C13H16N2O/c1-4-6-12(5-2)15-13(16)11-7-10(3)8-14-9-11/h1,7-9,12H,5-6H2,2-3H3,(H,15,16). The van der Waals surface area contributed by atoms with Gasteiger partial charge in [-0.2, -0.15) is 0 Å². The van der Waals surface area contributed by atoms with E-state index in [0.29, 0.717) is 12.0 Å². The number of hydrogen-bond donors (Lipinski definition) is 1. The van der Waals surface area contributed by atoms with Gasteiger partial charge < -0.3 is 5.32 Å². The molecule has 1 heterocycles. The first-order valence-electron chi connectivity index (χ1n) is 5.33. The molecule has 1 aromatic heterocycles. The summed E-state index contributed by atoms with van der Waals surface area (Å²) in [6.07, 6.45) is 9.89. The van der Waals surface area contributed by atoms with E-state index in [-0.39, 0.29) is 11.9 Å². The molecule has 1 aromatic rings. The number of nitrogens with one attached hydrogen (secondary N) is 1. The zero-order valence-corrected chi connectivity index (χ0v) is 9.66. The lowest BCUT2D eigenvalue weighted by molar-refractivity contribution is 0.0936. The molecule has 1 amide bonds. The number of carbonyl (C=O) groups is 1. The molecule has 0 aliphatic carbocycles. The number of aromatic nitrogens is 1. The van der Waals surface area contributed by atoms with Gasteiger partial charge in [0.25, 0.3) is 5.91 Å². The summed E-state index contributed by atoms with van der Waals surface area (Å²) < 4.78 is 0. The third-order valence-electron chi connectivity index (χ3n) is 2.33.